The Labute approximate surface area is 203 Å². The summed E-state index contributed by atoms with van der Waals surface area (Å²) in [5.41, 5.74) is 1.91. The highest BCUT2D eigenvalue weighted by Gasteiger charge is 2.43. The Morgan fingerprint density at radius 1 is 1.11 bits per heavy atom. The lowest BCUT2D eigenvalue weighted by Crippen LogP contribution is -2.52. The number of likely N-dealkylation sites (tertiary alicyclic amines) is 1. The molecule has 2 fully saturated rings. The van der Waals surface area contributed by atoms with Crippen LogP contribution < -0.4 is 5.32 Å². The van der Waals surface area contributed by atoms with Crippen molar-refractivity contribution in [2.45, 2.75) is 44.4 Å². The van der Waals surface area contributed by atoms with Gasteiger partial charge in [-0.3, -0.25) is 29.4 Å². The molecule has 3 aliphatic rings. The van der Waals surface area contributed by atoms with Gasteiger partial charge >= 0.3 is 18.1 Å². The molecule has 36 heavy (non-hydrogen) atoms. The fraction of sp³-hybridized carbons (Fsp3) is 0.458. The van der Waals surface area contributed by atoms with Gasteiger partial charge in [0.2, 0.25) is 11.8 Å². The third kappa shape index (κ3) is 5.57. The molecule has 3 amide bonds. The van der Waals surface area contributed by atoms with Gasteiger partial charge in [0.15, 0.2) is 0 Å². The number of hydrogen-bond donors (Lipinski definition) is 1. The molecule has 2 saturated heterocycles. The van der Waals surface area contributed by atoms with Gasteiger partial charge < -0.3 is 9.64 Å². The number of imide groups is 1. The topological polar surface area (TPSA) is 113 Å². The number of carbonyl (C=O) groups excluding carboxylic acids is 5. The summed E-state index contributed by atoms with van der Waals surface area (Å²) >= 11 is 0. The number of rotatable bonds is 3. The quantitative estimate of drug-likeness (QED) is 0.284. The first-order valence-corrected chi connectivity index (χ1v) is 11.3. The largest absolute Gasteiger partial charge is 0.491 e. The molecule has 4 rings (SSSR count). The number of piperidine rings is 2. The first kappa shape index (κ1) is 25.4. The summed E-state index contributed by atoms with van der Waals surface area (Å²) in [4.78, 5) is 62.3. The third-order valence-electron chi connectivity index (χ3n) is 6.40. The molecular formula is C24H22F3N3O6. The van der Waals surface area contributed by atoms with E-state index in [2.05, 4.69) is 21.9 Å². The molecule has 1 aromatic rings. The molecule has 0 radical (unpaired) electrons. The van der Waals surface area contributed by atoms with Crippen molar-refractivity contribution in [1.82, 2.24) is 15.1 Å². The minimum absolute atomic E-state index is 0.178. The van der Waals surface area contributed by atoms with E-state index in [0.717, 1.165) is 5.56 Å². The summed E-state index contributed by atoms with van der Waals surface area (Å²) < 4.78 is 40.7. The average molecular weight is 505 g/mol. The lowest BCUT2D eigenvalue weighted by atomic mass is 9.97. The van der Waals surface area contributed by atoms with Crippen LogP contribution in [0.4, 0.5) is 13.2 Å². The fourth-order valence-electron chi connectivity index (χ4n) is 4.46. The maximum atomic E-state index is 12.7. The van der Waals surface area contributed by atoms with E-state index < -0.39 is 36.0 Å². The van der Waals surface area contributed by atoms with E-state index in [0.29, 0.717) is 30.8 Å². The molecule has 1 N–H and O–H groups in total. The molecule has 12 heteroatoms. The number of halogens is 3. The molecule has 0 spiro atoms. The molecule has 1 aromatic carbocycles. The first-order chi connectivity index (χ1) is 17.0. The van der Waals surface area contributed by atoms with Crippen molar-refractivity contribution >= 4 is 29.7 Å². The van der Waals surface area contributed by atoms with E-state index in [1.165, 1.54) is 4.90 Å². The van der Waals surface area contributed by atoms with Gasteiger partial charge in [-0.05, 0) is 56.1 Å². The molecule has 1 atom stereocenters. The van der Waals surface area contributed by atoms with Crippen LogP contribution in [0.5, 0.6) is 0 Å². The lowest BCUT2D eigenvalue weighted by Gasteiger charge is -2.29. The Kier molecular flexibility index (Phi) is 7.12. The number of alkyl halides is 3. The number of carbonyl (C=O) groups is 5. The molecule has 9 nitrogen and oxygen atoms in total. The van der Waals surface area contributed by atoms with E-state index in [9.17, 15) is 37.1 Å². The van der Waals surface area contributed by atoms with E-state index in [4.69, 9.17) is 0 Å². The number of hydrogen-bond acceptors (Lipinski definition) is 7. The standard InChI is InChI=1S/C24H22F3N3O6/c25-24(26,27)23(35)36-22(34)15-7-10-29(11-8-15)9-1-2-14-3-4-17-16(12-14)13-30(21(17)33)18-5-6-19(31)28-20(18)32/h3-4,12,15,18H,5-11,13H2,(H,28,31,32). The first-order valence-electron chi connectivity index (χ1n) is 11.3. The number of nitrogens with one attached hydrogen (secondary N) is 1. The van der Waals surface area contributed by atoms with Crippen LogP contribution in [0.25, 0.3) is 0 Å². The van der Waals surface area contributed by atoms with Crippen LogP contribution in [0.3, 0.4) is 0 Å². The van der Waals surface area contributed by atoms with Crippen LogP contribution in [-0.4, -0.2) is 71.3 Å². The van der Waals surface area contributed by atoms with Crippen molar-refractivity contribution in [3.63, 3.8) is 0 Å². The van der Waals surface area contributed by atoms with E-state index in [-0.39, 0.29) is 44.0 Å². The van der Waals surface area contributed by atoms with E-state index >= 15 is 0 Å². The van der Waals surface area contributed by atoms with Crippen LogP contribution >= 0.6 is 0 Å². The van der Waals surface area contributed by atoms with Crippen molar-refractivity contribution in [3.8, 4) is 11.8 Å². The Balaban J connectivity index is 1.29. The van der Waals surface area contributed by atoms with Crippen LogP contribution in [0.15, 0.2) is 18.2 Å². The SMILES string of the molecule is O=C1CCC(N2Cc3cc(C#CCN4CCC(C(=O)OC(=O)C(F)(F)F)CC4)ccc3C2=O)C(=O)N1. The van der Waals surface area contributed by atoms with Crippen LogP contribution in [0.1, 0.15) is 47.2 Å². The monoisotopic (exact) mass is 505 g/mol. The molecule has 1 unspecified atom stereocenters. The van der Waals surface area contributed by atoms with Gasteiger partial charge in [-0.1, -0.05) is 11.8 Å². The van der Waals surface area contributed by atoms with Gasteiger partial charge in [-0.15, -0.1) is 0 Å². The maximum absolute atomic E-state index is 12.7. The Hall–Kier alpha value is -3.72. The van der Waals surface area contributed by atoms with E-state index in [1.807, 2.05) is 4.90 Å². The molecule has 190 valence electrons. The van der Waals surface area contributed by atoms with Crippen molar-refractivity contribution in [1.29, 1.82) is 0 Å². The number of nitrogens with zero attached hydrogens (tertiary/aromatic N) is 2. The summed E-state index contributed by atoms with van der Waals surface area (Å²) in [5, 5.41) is 2.26. The summed E-state index contributed by atoms with van der Waals surface area (Å²) in [6.45, 7) is 1.43. The van der Waals surface area contributed by atoms with Crippen molar-refractivity contribution in [3.05, 3.63) is 34.9 Å². The molecule has 0 aliphatic carbocycles. The normalized spacial score (nSPS) is 20.9. The van der Waals surface area contributed by atoms with Crippen molar-refractivity contribution < 1.29 is 41.9 Å². The number of benzene rings is 1. The zero-order valence-corrected chi connectivity index (χ0v) is 19.0. The number of ether oxygens (including phenoxy) is 1. The molecule has 0 aromatic heterocycles. The zero-order valence-electron chi connectivity index (χ0n) is 19.0. The lowest BCUT2D eigenvalue weighted by molar-refractivity contribution is -0.203. The Morgan fingerprint density at radius 2 is 1.83 bits per heavy atom. The number of amides is 3. The second-order valence-electron chi connectivity index (χ2n) is 8.83. The van der Waals surface area contributed by atoms with Crippen molar-refractivity contribution in [2.75, 3.05) is 19.6 Å². The highest BCUT2D eigenvalue weighted by Crippen LogP contribution is 2.28. The highest BCUT2D eigenvalue weighted by atomic mass is 19.4. The second kappa shape index (κ2) is 10.1. The van der Waals surface area contributed by atoms with Crippen LogP contribution in [0.2, 0.25) is 0 Å². The predicted molar refractivity (Wildman–Crippen MR) is 116 cm³/mol. The third-order valence-corrected chi connectivity index (χ3v) is 6.40. The molecule has 0 saturated carbocycles. The molecule has 3 aliphatic heterocycles. The van der Waals surface area contributed by atoms with Gasteiger partial charge in [-0.2, -0.15) is 13.2 Å². The van der Waals surface area contributed by atoms with Crippen LogP contribution in [-0.2, 0) is 30.5 Å². The Morgan fingerprint density at radius 3 is 2.50 bits per heavy atom. The minimum atomic E-state index is -5.21. The number of esters is 2. The predicted octanol–water partition coefficient (Wildman–Crippen LogP) is 1.14. The second-order valence-corrected chi connectivity index (χ2v) is 8.83. The molecule has 0 bridgehead atoms. The summed E-state index contributed by atoms with van der Waals surface area (Å²) in [7, 11) is 0. The van der Waals surface area contributed by atoms with E-state index in [1.54, 1.807) is 18.2 Å². The minimum Gasteiger partial charge on any atom is -0.386 e. The summed E-state index contributed by atoms with van der Waals surface area (Å²) in [5.74, 6) is 0.495. The van der Waals surface area contributed by atoms with Gasteiger partial charge in [0.1, 0.15) is 6.04 Å². The molecular weight excluding hydrogens is 483 g/mol. The Bertz CT molecular complexity index is 1180. The molecule has 3 heterocycles. The van der Waals surface area contributed by atoms with Gasteiger partial charge in [0.25, 0.3) is 5.91 Å². The van der Waals surface area contributed by atoms with Gasteiger partial charge in [0.05, 0.1) is 12.5 Å². The number of fused-ring (bicyclic) bond motifs is 1. The highest BCUT2D eigenvalue weighted by molar-refractivity contribution is 6.05. The smallest absolute Gasteiger partial charge is 0.386 e. The summed E-state index contributed by atoms with van der Waals surface area (Å²) in [6.07, 6.45) is -4.24. The average Bonchev–Trinajstić information content (AvgIpc) is 3.14. The van der Waals surface area contributed by atoms with Gasteiger partial charge in [0, 0.05) is 24.1 Å². The zero-order chi connectivity index (χ0) is 26.0. The van der Waals surface area contributed by atoms with Gasteiger partial charge in [-0.25, -0.2) is 4.79 Å². The van der Waals surface area contributed by atoms with Crippen molar-refractivity contribution in [2.24, 2.45) is 5.92 Å². The maximum Gasteiger partial charge on any atom is 0.491 e. The van der Waals surface area contributed by atoms with Crippen LogP contribution in [0, 0.1) is 17.8 Å². The summed E-state index contributed by atoms with van der Waals surface area (Å²) in [6, 6.07) is 4.46. The fourth-order valence-corrected chi connectivity index (χ4v) is 4.46.